The lowest BCUT2D eigenvalue weighted by atomic mass is 10.1. The van der Waals surface area contributed by atoms with Crippen molar-refractivity contribution in [2.75, 3.05) is 19.1 Å². The maximum Gasteiger partial charge on any atom is 0.303 e. The molecule has 0 bridgehead atoms. The summed E-state index contributed by atoms with van der Waals surface area (Å²) in [5.41, 5.74) is 5.00. The van der Waals surface area contributed by atoms with E-state index in [1.54, 1.807) is 7.11 Å². The molecule has 0 aliphatic heterocycles. The first-order valence-corrected chi connectivity index (χ1v) is 9.18. The van der Waals surface area contributed by atoms with Crippen molar-refractivity contribution >= 4 is 11.7 Å². The van der Waals surface area contributed by atoms with Crippen LogP contribution in [0.2, 0.25) is 0 Å². The zero-order chi connectivity index (χ0) is 19.9. The van der Waals surface area contributed by atoms with Crippen LogP contribution in [-0.4, -0.2) is 30.2 Å². The smallest absolute Gasteiger partial charge is 0.303 e. The summed E-state index contributed by atoms with van der Waals surface area (Å²) < 4.78 is 5.52. The van der Waals surface area contributed by atoms with E-state index >= 15 is 0 Å². The van der Waals surface area contributed by atoms with Crippen LogP contribution in [-0.2, 0) is 17.8 Å². The first-order valence-electron chi connectivity index (χ1n) is 9.18. The quantitative estimate of drug-likeness (QED) is 0.631. The van der Waals surface area contributed by atoms with Crippen molar-refractivity contribution in [1.29, 1.82) is 0 Å². The second-order valence-corrected chi connectivity index (χ2v) is 6.65. The number of rotatable bonds is 8. The molecule has 3 rings (SSSR count). The molecule has 3 aromatic rings. The molecule has 5 heteroatoms. The number of ether oxygens (including phenoxy) is 1. The van der Waals surface area contributed by atoms with E-state index in [0.717, 1.165) is 28.1 Å². The number of hydrogen-bond acceptors (Lipinski definition) is 4. The Labute approximate surface area is 165 Å². The maximum atomic E-state index is 10.7. The Morgan fingerprint density at radius 1 is 1.04 bits per heavy atom. The van der Waals surface area contributed by atoms with Gasteiger partial charge in [-0.05, 0) is 36.2 Å². The van der Waals surface area contributed by atoms with Crippen LogP contribution in [0.1, 0.15) is 17.5 Å². The molecular weight excluding hydrogens is 352 g/mol. The number of aromatic nitrogens is 1. The van der Waals surface area contributed by atoms with Gasteiger partial charge in [0.05, 0.1) is 12.8 Å². The molecule has 0 spiro atoms. The highest BCUT2D eigenvalue weighted by molar-refractivity contribution is 5.67. The van der Waals surface area contributed by atoms with Gasteiger partial charge in [-0.2, -0.15) is 0 Å². The molecule has 0 unspecified atom stereocenters. The number of anilines is 1. The maximum absolute atomic E-state index is 10.7. The van der Waals surface area contributed by atoms with Gasteiger partial charge >= 0.3 is 5.97 Å². The van der Waals surface area contributed by atoms with E-state index in [2.05, 4.69) is 9.88 Å². The fourth-order valence-corrected chi connectivity index (χ4v) is 3.05. The number of nitrogens with zero attached hydrogens (tertiary/aromatic N) is 2. The Morgan fingerprint density at radius 2 is 1.75 bits per heavy atom. The van der Waals surface area contributed by atoms with Crippen molar-refractivity contribution in [1.82, 2.24) is 4.98 Å². The van der Waals surface area contributed by atoms with Gasteiger partial charge in [-0.15, -0.1) is 0 Å². The van der Waals surface area contributed by atoms with Crippen LogP contribution in [0.5, 0.6) is 5.88 Å². The van der Waals surface area contributed by atoms with E-state index in [4.69, 9.17) is 9.84 Å². The Bertz CT molecular complexity index is 924. The molecular formula is C23H24N2O3. The number of hydrogen-bond donors (Lipinski definition) is 1. The van der Waals surface area contributed by atoms with Gasteiger partial charge in [-0.1, -0.05) is 42.5 Å². The van der Waals surface area contributed by atoms with Gasteiger partial charge in [-0.25, -0.2) is 4.98 Å². The molecule has 1 aromatic heterocycles. The number of pyridine rings is 1. The van der Waals surface area contributed by atoms with Gasteiger partial charge in [0.1, 0.15) is 0 Å². The molecule has 28 heavy (non-hydrogen) atoms. The molecule has 144 valence electrons. The largest absolute Gasteiger partial charge is 0.481 e. The van der Waals surface area contributed by atoms with E-state index in [9.17, 15) is 4.79 Å². The minimum absolute atomic E-state index is 0.145. The molecule has 0 amide bonds. The van der Waals surface area contributed by atoms with E-state index in [-0.39, 0.29) is 6.42 Å². The van der Waals surface area contributed by atoms with E-state index < -0.39 is 5.97 Å². The van der Waals surface area contributed by atoms with Crippen LogP contribution in [0.4, 0.5) is 5.69 Å². The molecule has 1 N–H and O–H groups in total. The molecule has 0 saturated carbocycles. The monoisotopic (exact) mass is 376 g/mol. The highest BCUT2D eigenvalue weighted by atomic mass is 16.5. The summed E-state index contributed by atoms with van der Waals surface area (Å²) in [7, 11) is 3.65. The van der Waals surface area contributed by atoms with E-state index in [1.165, 1.54) is 0 Å². The van der Waals surface area contributed by atoms with Crippen molar-refractivity contribution in [3.8, 4) is 17.1 Å². The lowest BCUT2D eigenvalue weighted by Gasteiger charge is -2.21. The SMILES string of the molecule is COc1nc(-c2ccccc2)ccc1CN(C)c1ccc(CCC(=O)O)cc1. The van der Waals surface area contributed by atoms with Crippen LogP contribution in [0.3, 0.4) is 0 Å². The van der Waals surface area contributed by atoms with Crippen LogP contribution < -0.4 is 9.64 Å². The van der Waals surface area contributed by atoms with Crippen molar-refractivity contribution in [3.63, 3.8) is 0 Å². The van der Waals surface area contributed by atoms with Gasteiger partial charge < -0.3 is 14.7 Å². The normalized spacial score (nSPS) is 10.5. The minimum atomic E-state index is -0.778. The van der Waals surface area contributed by atoms with Crippen LogP contribution in [0, 0.1) is 0 Å². The summed E-state index contributed by atoms with van der Waals surface area (Å²) in [5, 5.41) is 8.80. The molecule has 5 nitrogen and oxygen atoms in total. The first kappa shape index (κ1) is 19.4. The summed E-state index contributed by atoms with van der Waals surface area (Å²) in [4.78, 5) is 17.5. The summed E-state index contributed by atoms with van der Waals surface area (Å²) in [6.07, 6.45) is 0.684. The number of methoxy groups -OCH3 is 1. The topological polar surface area (TPSA) is 62.7 Å². The predicted octanol–water partition coefficient (Wildman–Crippen LogP) is 4.41. The van der Waals surface area contributed by atoms with Crippen LogP contribution in [0.25, 0.3) is 11.3 Å². The standard InChI is InChI=1S/C23H24N2O3/c1-25(20-12-8-17(9-13-20)10-15-22(26)27)16-19-11-14-21(24-23(19)28-2)18-6-4-3-5-7-18/h3-9,11-14H,10,15-16H2,1-2H3,(H,26,27). The van der Waals surface area contributed by atoms with Crippen molar-refractivity contribution < 1.29 is 14.6 Å². The van der Waals surface area contributed by atoms with Crippen molar-refractivity contribution in [2.24, 2.45) is 0 Å². The second kappa shape index (κ2) is 9.04. The number of benzene rings is 2. The summed E-state index contributed by atoms with van der Waals surface area (Å²) in [6.45, 7) is 0.652. The summed E-state index contributed by atoms with van der Waals surface area (Å²) in [5.74, 6) is -0.161. The van der Waals surface area contributed by atoms with E-state index in [0.29, 0.717) is 18.8 Å². The predicted molar refractivity (Wildman–Crippen MR) is 111 cm³/mol. The average molecular weight is 376 g/mol. The summed E-state index contributed by atoms with van der Waals surface area (Å²) in [6, 6.07) is 22.0. The fourth-order valence-electron chi connectivity index (χ4n) is 3.05. The van der Waals surface area contributed by atoms with Gasteiger partial charge in [-0.3, -0.25) is 4.79 Å². The van der Waals surface area contributed by atoms with Gasteiger partial charge in [0, 0.05) is 36.8 Å². The molecule has 0 saturated heterocycles. The summed E-state index contributed by atoms with van der Waals surface area (Å²) >= 11 is 0. The number of carbonyl (C=O) groups is 1. The first-order chi connectivity index (χ1) is 13.6. The Balaban J connectivity index is 1.72. The third kappa shape index (κ3) is 4.88. The second-order valence-electron chi connectivity index (χ2n) is 6.65. The molecule has 0 aliphatic carbocycles. The Morgan fingerprint density at radius 3 is 2.39 bits per heavy atom. The zero-order valence-electron chi connectivity index (χ0n) is 16.1. The van der Waals surface area contributed by atoms with Crippen LogP contribution >= 0.6 is 0 Å². The Hall–Kier alpha value is -3.34. The molecule has 0 aliphatic rings. The van der Waals surface area contributed by atoms with Crippen molar-refractivity contribution in [2.45, 2.75) is 19.4 Å². The lowest BCUT2D eigenvalue weighted by Crippen LogP contribution is -2.17. The van der Waals surface area contributed by atoms with E-state index in [1.807, 2.05) is 73.8 Å². The molecule has 1 heterocycles. The Kier molecular flexibility index (Phi) is 6.27. The molecule has 2 aromatic carbocycles. The molecule has 0 atom stereocenters. The van der Waals surface area contributed by atoms with Gasteiger partial charge in [0.2, 0.25) is 5.88 Å². The zero-order valence-corrected chi connectivity index (χ0v) is 16.1. The number of aliphatic carboxylic acids is 1. The average Bonchev–Trinajstić information content (AvgIpc) is 2.73. The third-order valence-corrected chi connectivity index (χ3v) is 4.61. The van der Waals surface area contributed by atoms with Gasteiger partial charge in [0.25, 0.3) is 0 Å². The molecule has 0 fully saturated rings. The number of aryl methyl sites for hydroxylation is 1. The lowest BCUT2D eigenvalue weighted by molar-refractivity contribution is -0.136. The highest BCUT2D eigenvalue weighted by Gasteiger charge is 2.11. The number of carboxylic acid groups (broad SMARTS) is 1. The van der Waals surface area contributed by atoms with Gasteiger partial charge in [0.15, 0.2) is 0 Å². The fraction of sp³-hybridized carbons (Fsp3) is 0.217. The minimum Gasteiger partial charge on any atom is -0.481 e. The highest BCUT2D eigenvalue weighted by Crippen LogP contribution is 2.25. The van der Waals surface area contributed by atoms with Crippen LogP contribution in [0.15, 0.2) is 66.7 Å². The van der Waals surface area contributed by atoms with Crippen molar-refractivity contribution in [3.05, 3.63) is 77.9 Å². The number of carboxylic acids is 1. The third-order valence-electron chi connectivity index (χ3n) is 4.61. The molecule has 0 radical (unpaired) electrons.